The quantitative estimate of drug-likeness (QED) is 0.775. The Morgan fingerprint density at radius 2 is 1.65 bits per heavy atom. The molecule has 0 N–H and O–H groups in total. The molecule has 5 heteroatoms. The number of benzene rings is 2. The van der Waals surface area contributed by atoms with Gasteiger partial charge in [-0.1, -0.05) is 42.8 Å². The number of sulfone groups is 1. The predicted octanol–water partition coefficient (Wildman–Crippen LogP) is 3.66. The minimum absolute atomic E-state index is 0.214. The van der Waals surface area contributed by atoms with Gasteiger partial charge >= 0.3 is 0 Å². The van der Waals surface area contributed by atoms with E-state index in [1.807, 2.05) is 24.3 Å². The number of hydrogen-bond donors (Lipinski definition) is 0. The summed E-state index contributed by atoms with van der Waals surface area (Å²) in [5.74, 6) is -0.748. The van der Waals surface area contributed by atoms with Gasteiger partial charge in [0, 0.05) is 16.9 Å². The van der Waals surface area contributed by atoms with Gasteiger partial charge in [0.25, 0.3) is 0 Å². The highest BCUT2D eigenvalue weighted by molar-refractivity contribution is 7.92. The molecule has 3 unspecified atom stereocenters. The first-order chi connectivity index (χ1) is 11.0. The maximum absolute atomic E-state index is 12.8. The van der Waals surface area contributed by atoms with Crippen LogP contribution >= 0.6 is 11.6 Å². The van der Waals surface area contributed by atoms with E-state index in [1.165, 1.54) is 17.7 Å². The van der Waals surface area contributed by atoms with Crippen LogP contribution in [0.25, 0.3) is 0 Å². The van der Waals surface area contributed by atoms with E-state index in [2.05, 4.69) is 6.92 Å². The van der Waals surface area contributed by atoms with Crippen molar-refractivity contribution >= 4 is 27.7 Å². The minimum atomic E-state index is -3.55. The summed E-state index contributed by atoms with van der Waals surface area (Å²) in [6.07, 6.45) is 1.69. The molecule has 3 atom stereocenters. The second-order valence-electron chi connectivity index (χ2n) is 5.80. The Morgan fingerprint density at radius 1 is 1.04 bits per heavy atom. The molecule has 1 aliphatic carbocycles. The Balaban J connectivity index is 1.92. The molecule has 0 aliphatic heterocycles. The summed E-state index contributed by atoms with van der Waals surface area (Å²) in [6, 6.07) is 13.9. The lowest BCUT2D eigenvalue weighted by molar-refractivity contribution is -0.108. The fraction of sp³-hybridized carbons (Fsp3) is 0.278. The van der Waals surface area contributed by atoms with Crippen LogP contribution in [0.4, 0.5) is 0 Å². The van der Waals surface area contributed by atoms with Gasteiger partial charge in [-0.15, -0.1) is 0 Å². The number of hydrogen-bond acceptors (Lipinski definition) is 3. The SMILES string of the molecule is CCc1ccc(C2C(C=O)C2S(=O)(=O)c2ccc(Cl)cc2)cc1. The van der Waals surface area contributed by atoms with Crippen LogP contribution < -0.4 is 0 Å². The molecule has 3 nitrogen and oxygen atoms in total. The van der Waals surface area contributed by atoms with Crippen LogP contribution in [0, 0.1) is 5.92 Å². The van der Waals surface area contributed by atoms with E-state index in [0.29, 0.717) is 5.02 Å². The van der Waals surface area contributed by atoms with Crippen LogP contribution in [-0.2, 0) is 21.1 Å². The van der Waals surface area contributed by atoms with Crippen LogP contribution in [0.3, 0.4) is 0 Å². The van der Waals surface area contributed by atoms with Crippen molar-refractivity contribution in [2.24, 2.45) is 5.92 Å². The van der Waals surface area contributed by atoms with Gasteiger partial charge < -0.3 is 4.79 Å². The number of aldehydes is 1. The zero-order valence-corrected chi connectivity index (χ0v) is 14.2. The first-order valence-electron chi connectivity index (χ1n) is 7.52. The standard InChI is InChI=1S/C18H17ClO3S/c1-2-12-3-5-13(6-4-12)17-16(11-20)18(17)23(21,22)15-9-7-14(19)8-10-15/h3-11,16-18H,2H2,1H3. The van der Waals surface area contributed by atoms with Gasteiger partial charge in [0.2, 0.25) is 0 Å². The van der Waals surface area contributed by atoms with Crippen LogP contribution in [0.1, 0.15) is 24.0 Å². The molecule has 2 aromatic rings. The zero-order valence-electron chi connectivity index (χ0n) is 12.6. The fourth-order valence-corrected chi connectivity index (χ4v) is 5.27. The second kappa shape index (κ2) is 6.10. The molecule has 120 valence electrons. The van der Waals surface area contributed by atoms with E-state index in [-0.39, 0.29) is 10.8 Å². The van der Waals surface area contributed by atoms with Gasteiger partial charge in [-0.25, -0.2) is 8.42 Å². The minimum Gasteiger partial charge on any atom is -0.303 e. The molecule has 0 amide bonds. The third-order valence-electron chi connectivity index (χ3n) is 4.44. The van der Waals surface area contributed by atoms with Gasteiger partial charge in [-0.05, 0) is 41.8 Å². The number of carbonyl (C=O) groups is 1. The van der Waals surface area contributed by atoms with Crippen LogP contribution in [0.5, 0.6) is 0 Å². The van der Waals surface area contributed by atoms with Gasteiger partial charge in [-0.3, -0.25) is 0 Å². The van der Waals surface area contributed by atoms with Crippen molar-refractivity contribution < 1.29 is 13.2 Å². The maximum atomic E-state index is 12.8. The summed E-state index contributed by atoms with van der Waals surface area (Å²) in [5.41, 5.74) is 2.09. The fourth-order valence-electron chi connectivity index (χ4n) is 3.04. The smallest absolute Gasteiger partial charge is 0.182 e. The molecular weight excluding hydrogens is 332 g/mol. The molecule has 0 saturated heterocycles. The molecular formula is C18H17ClO3S. The van der Waals surface area contributed by atoms with Crippen molar-refractivity contribution in [3.63, 3.8) is 0 Å². The topological polar surface area (TPSA) is 51.2 Å². The summed E-state index contributed by atoms with van der Waals surface area (Å²) in [5, 5.41) is -0.202. The first-order valence-corrected chi connectivity index (χ1v) is 9.45. The van der Waals surface area contributed by atoms with Crippen molar-refractivity contribution in [3.8, 4) is 0 Å². The second-order valence-corrected chi connectivity index (χ2v) is 8.34. The molecule has 23 heavy (non-hydrogen) atoms. The third kappa shape index (κ3) is 2.93. The Kier molecular flexibility index (Phi) is 4.30. The molecule has 0 radical (unpaired) electrons. The summed E-state index contributed by atoms with van der Waals surface area (Å²) >= 11 is 5.82. The monoisotopic (exact) mass is 348 g/mol. The Bertz CT molecular complexity index is 810. The Morgan fingerprint density at radius 3 is 2.17 bits per heavy atom. The van der Waals surface area contributed by atoms with E-state index in [1.54, 1.807) is 12.1 Å². The number of rotatable bonds is 5. The van der Waals surface area contributed by atoms with E-state index >= 15 is 0 Å². The highest BCUT2D eigenvalue weighted by atomic mass is 35.5. The van der Waals surface area contributed by atoms with Crippen LogP contribution in [0.2, 0.25) is 5.02 Å². The molecule has 1 fully saturated rings. The van der Waals surface area contributed by atoms with Gasteiger partial charge in [-0.2, -0.15) is 0 Å². The molecule has 2 aromatic carbocycles. The third-order valence-corrected chi connectivity index (χ3v) is 6.94. The van der Waals surface area contributed by atoms with Crippen molar-refractivity contribution in [1.82, 2.24) is 0 Å². The molecule has 0 aromatic heterocycles. The molecule has 1 aliphatic rings. The lowest BCUT2D eigenvalue weighted by atomic mass is 10.1. The summed E-state index contributed by atoms with van der Waals surface area (Å²) in [7, 11) is -3.55. The van der Waals surface area contributed by atoms with E-state index in [0.717, 1.165) is 18.3 Å². The average Bonchev–Trinajstić information content (AvgIpc) is 3.31. The summed E-state index contributed by atoms with van der Waals surface area (Å²) in [4.78, 5) is 11.5. The first kappa shape index (κ1) is 16.2. The van der Waals surface area contributed by atoms with Gasteiger partial charge in [0.05, 0.1) is 10.1 Å². The lowest BCUT2D eigenvalue weighted by Gasteiger charge is -2.05. The van der Waals surface area contributed by atoms with Crippen molar-refractivity contribution in [2.75, 3.05) is 0 Å². The average molecular weight is 349 g/mol. The zero-order chi connectivity index (χ0) is 16.6. The van der Waals surface area contributed by atoms with Crippen LogP contribution in [0.15, 0.2) is 53.4 Å². The maximum Gasteiger partial charge on any atom is 0.182 e. The number of carbonyl (C=O) groups excluding carboxylic acids is 1. The highest BCUT2D eigenvalue weighted by Crippen LogP contribution is 2.52. The van der Waals surface area contributed by atoms with Crippen molar-refractivity contribution in [2.45, 2.75) is 29.4 Å². The molecule has 1 saturated carbocycles. The van der Waals surface area contributed by atoms with Gasteiger partial charge in [0.1, 0.15) is 6.29 Å². The Hall–Kier alpha value is -1.65. The van der Waals surface area contributed by atoms with E-state index in [9.17, 15) is 13.2 Å². The predicted molar refractivity (Wildman–Crippen MR) is 90.5 cm³/mol. The van der Waals surface area contributed by atoms with Crippen LogP contribution in [-0.4, -0.2) is 20.0 Å². The molecule has 0 spiro atoms. The lowest BCUT2D eigenvalue weighted by Crippen LogP contribution is -2.11. The van der Waals surface area contributed by atoms with E-state index in [4.69, 9.17) is 11.6 Å². The largest absolute Gasteiger partial charge is 0.303 e. The normalized spacial score (nSPS) is 23.5. The van der Waals surface area contributed by atoms with Crippen molar-refractivity contribution in [3.05, 3.63) is 64.7 Å². The summed E-state index contributed by atoms with van der Waals surface area (Å²) in [6.45, 7) is 2.06. The van der Waals surface area contributed by atoms with Crippen molar-refractivity contribution in [1.29, 1.82) is 0 Å². The Labute approximate surface area is 141 Å². The van der Waals surface area contributed by atoms with Gasteiger partial charge in [0.15, 0.2) is 9.84 Å². The number of halogens is 1. The molecule has 3 rings (SSSR count). The summed E-state index contributed by atoms with van der Waals surface area (Å²) < 4.78 is 25.6. The number of aryl methyl sites for hydroxylation is 1. The highest BCUT2D eigenvalue weighted by Gasteiger charge is 2.58. The van der Waals surface area contributed by atoms with E-state index < -0.39 is 21.0 Å². The molecule has 0 bridgehead atoms. The molecule has 0 heterocycles.